The summed E-state index contributed by atoms with van der Waals surface area (Å²) in [7, 11) is 0. The molecule has 1 amide bonds. The van der Waals surface area contributed by atoms with Crippen LogP contribution in [0.2, 0.25) is 0 Å². The van der Waals surface area contributed by atoms with Gasteiger partial charge in [-0.1, -0.05) is 152 Å². The SMILES string of the molecule is CC/C=C/CC/C=C/CC/C=C/C(O)C(CO)NC(=O)CCCCCCCCCCC/C=C\CCCCCCCCCC. The first kappa shape index (κ1) is 41.4. The van der Waals surface area contributed by atoms with Crippen molar-refractivity contribution in [2.24, 2.45) is 0 Å². The van der Waals surface area contributed by atoms with Crippen molar-refractivity contribution < 1.29 is 15.0 Å². The number of carbonyl (C=O) groups is 1. The topological polar surface area (TPSA) is 69.6 Å². The van der Waals surface area contributed by atoms with Gasteiger partial charge in [-0.3, -0.25) is 4.79 Å². The highest BCUT2D eigenvalue weighted by Crippen LogP contribution is 2.13. The maximum absolute atomic E-state index is 12.3. The van der Waals surface area contributed by atoms with E-state index in [-0.39, 0.29) is 12.5 Å². The van der Waals surface area contributed by atoms with Crippen molar-refractivity contribution in [3.8, 4) is 0 Å². The van der Waals surface area contributed by atoms with Crippen molar-refractivity contribution in [3.63, 3.8) is 0 Å². The molecule has 0 heterocycles. The molecule has 0 saturated heterocycles. The van der Waals surface area contributed by atoms with Crippen LogP contribution in [0, 0.1) is 0 Å². The molecule has 0 saturated carbocycles. The van der Waals surface area contributed by atoms with E-state index in [1.807, 2.05) is 6.08 Å². The van der Waals surface area contributed by atoms with Crippen molar-refractivity contribution >= 4 is 5.91 Å². The van der Waals surface area contributed by atoms with Crippen molar-refractivity contribution in [3.05, 3.63) is 48.6 Å². The van der Waals surface area contributed by atoms with Gasteiger partial charge < -0.3 is 15.5 Å². The lowest BCUT2D eigenvalue weighted by molar-refractivity contribution is -0.123. The molecule has 4 nitrogen and oxygen atoms in total. The zero-order chi connectivity index (χ0) is 31.5. The van der Waals surface area contributed by atoms with Gasteiger partial charge in [0.25, 0.3) is 0 Å². The molecular weight excluding hydrogens is 530 g/mol. The third-order valence-electron chi connectivity index (χ3n) is 8.02. The zero-order valence-electron chi connectivity index (χ0n) is 28.5. The second-order valence-electron chi connectivity index (χ2n) is 12.2. The molecule has 4 heteroatoms. The molecule has 0 aromatic rings. The number of amides is 1. The van der Waals surface area contributed by atoms with Crippen LogP contribution in [0.5, 0.6) is 0 Å². The smallest absolute Gasteiger partial charge is 0.220 e. The lowest BCUT2D eigenvalue weighted by atomic mass is 10.0. The number of hydrogen-bond donors (Lipinski definition) is 3. The molecule has 0 fully saturated rings. The van der Waals surface area contributed by atoms with Gasteiger partial charge in [-0.25, -0.2) is 0 Å². The lowest BCUT2D eigenvalue weighted by Crippen LogP contribution is -2.45. The van der Waals surface area contributed by atoms with E-state index in [1.165, 1.54) is 109 Å². The van der Waals surface area contributed by atoms with Crippen LogP contribution in [0.4, 0.5) is 0 Å². The predicted molar refractivity (Wildman–Crippen MR) is 188 cm³/mol. The Morgan fingerprint density at radius 2 is 0.977 bits per heavy atom. The van der Waals surface area contributed by atoms with E-state index in [0.29, 0.717) is 6.42 Å². The minimum Gasteiger partial charge on any atom is -0.394 e. The van der Waals surface area contributed by atoms with Gasteiger partial charge in [0.1, 0.15) is 0 Å². The molecular formula is C39H71NO3. The predicted octanol–water partition coefficient (Wildman–Crippen LogP) is 10.8. The van der Waals surface area contributed by atoms with Gasteiger partial charge in [-0.2, -0.15) is 0 Å². The Labute approximate surface area is 267 Å². The molecule has 0 aliphatic rings. The summed E-state index contributed by atoms with van der Waals surface area (Å²) in [6, 6.07) is -0.643. The van der Waals surface area contributed by atoms with Crippen LogP contribution in [-0.2, 0) is 4.79 Å². The first-order chi connectivity index (χ1) is 21.2. The summed E-state index contributed by atoms with van der Waals surface area (Å²) in [5, 5.41) is 22.8. The van der Waals surface area contributed by atoms with Crippen molar-refractivity contribution in [2.45, 2.75) is 187 Å². The van der Waals surface area contributed by atoms with Crippen molar-refractivity contribution in [1.82, 2.24) is 5.32 Å². The molecule has 0 aromatic heterocycles. The van der Waals surface area contributed by atoms with Crippen molar-refractivity contribution in [2.75, 3.05) is 6.61 Å². The molecule has 43 heavy (non-hydrogen) atoms. The van der Waals surface area contributed by atoms with Gasteiger partial charge in [0.15, 0.2) is 0 Å². The average molecular weight is 602 g/mol. The fraction of sp³-hybridized carbons (Fsp3) is 0.769. The van der Waals surface area contributed by atoms with Gasteiger partial charge >= 0.3 is 0 Å². The highest BCUT2D eigenvalue weighted by atomic mass is 16.3. The number of unbranched alkanes of at least 4 members (excludes halogenated alkanes) is 19. The average Bonchev–Trinajstić information content (AvgIpc) is 3.01. The normalized spacial score (nSPS) is 13.7. The largest absolute Gasteiger partial charge is 0.394 e. The minimum atomic E-state index is -0.868. The number of allylic oxidation sites excluding steroid dienone is 7. The summed E-state index contributed by atoms with van der Waals surface area (Å²) in [4.78, 5) is 12.3. The van der Waals surface area contributed by atoms with E-state index < -0.39 is 12.1 Å². The fourth-order valence-electron chi connectivity index (χ4n) is 5.21. The molecule has 3 N–H and O–H groups in total. The van der Waals surface area contributed by atoms with E-state index in [0.717, 1.165) is 44.9 Å². The van der Waals surface area contributed by atoms with Crippen LogP contribution in [-0.4, -0.2) is 34.9 Å². The zero-order valence-corrected chi connectivity index (χ0v) is 28.5. The number of nitrogens with one attached hydrogen (secondary N) is 1. The van der Waals surface area contributed by atoms with Gasteiger partial charge in [0, 0.05) is 6.42 Å². The maximum atomic E-state index is 12.3. The minimum absolute atomic E-state index is 0.0848. The monoisotopic (exact) mass is 602 g/mol. The van der Waals surface area contributed by atoms with Crippen molar-refractivity contribution in [1.29, 1.82) is 0 Å². The molecule has 0 bridgehead atoms. The summed E-state index contributed by atoms with van der Waals surface area (Å²) in [5.74, 6) is -0.0848. The van der Waals surface area contributed by atoms with Crippen LogP contribution in [0.3, 0.4) is 0 Å². The first-order valence-corrected chi connectivity index (χ1v) is 18.4. The summed E-state index contributed by atoms with van der Waals surface area (Å²) in [5.41, 5.74) is 0. The lowest BCUT2D eigenvalue weighted by Gasteiger charge is -2.19. The molecule has 0 radical (unpaired) electrons. The summed E-state index contributed by atoms with van der Waals surface area (Å²) in [6.45, 7) is 4.16. The second-order valence-corrected chi connectivity index (χ2v) is 12.2. The van der Waals surface area contributed by atoms with Gasteiger partial charge in [0.05, 0.1) is 18.8 Å². The van der Waals surface area contributed by atoms with E-state index in [4.69, 9.17) is 0 Å². The molecule has 0 spiro atoms. The number of carbonyl (C=O) groups excluding carboxylic acids is 1. The van der Waals surface area contributed by atoms with E-state index in [9.17, 15) is 15.0 Å². The van der Waals surface area contributed by atoms with E-state index in [1.54, 1.807) is 6.08 Å². The quantitative estimate of drug-likeness (QED) is 0.0530. The molecule has 0 rings (SSSR count). The van der Waals surface area contributed by atoms with Gasteiger partial charge in [-0.05, 0) is 64.2 Å². The van der Waals surface area contributed by atoms with E-state index in [2.05, 4.69) is 55.6 Å². The highest BCUT2D eigenvalue weighted by Gasteiger charge is 2.17. The number of hydrogen-bond acceptors (Lipinski definition) is 3. The standard InChI is InChI=1S/C39H71NO3/c1-3-5-7-9-11-13-15-16-17-18-19-20-21-22-23-24-25-27-29-31-33-35-39(43)40-37(36-41)38(42)34-32-30-28-26-14-12-10-8-6-4-2/h6,8,14,18-19,26,32,34,37-38,41-42H,3-5,7,9-13,15-17,20-25,27-31,33,35-36H2,1-2H3,(H,40,43)/b8-6+,19-18-,26-14+,34-32+. The maximum Gasteiger partial charge on any atom is 0.220 e. The Balaban J connectivity index is 3.60. The Hall–Kier alpha value is -1.65. The number of aliphatic hydroxyl groups excluding tert-OH is 2. The number of aliphatic hydroxyl groups is 2. The molecule has 2 unspecified atom stereocenters. The van der Waals surface area contributed by atoms with Gasteiger partial charge in [0.2, 0.25) is 5.91 Å². The Kier molecular flexibility index (Phi) is 33.5. The molecule has 0 aromatic carbocycles. The second kappa shape index (κ2) is 34.8. The summed E-state index contributed by atoms with van der Waals surface area (Å²) >= 11 is 0. The van der Waals surface area contributed by atoms with Crippen LogP contribution in [0.25, 0.3) is 0 Å². The van der Waals surface area contributed by atoms with Gasteiger partial charge in [-0.15, -0.1) is 0 Å². The molecule has 250 valence electrons. The van der Waals surface area contributed by atoms with Crippen LogP contribution in [0.15, 0.2) is 48.6 Å². The fourth-order valence-corrected chi connectivity index (χ4v) is 5.21. The highest BCUT2D eigenvalue weighted by molar-refractivity contribution is 5.76. The van der Waals surface area contributed by atoms with Crippen LogP contribution < -0.4 is 5.32 Å². The summed E-state index contributed by atoms with van der Waals surface area (Å²) < 4.78 is 0. The summed E-state index contributed by atoms with van der Waals surface area (Å²) in [6.07, 6.45) is 46.4. The van der Waals surface area contributed by atoms with Crippen LogP contribution >= 0.6 is 0 Å². The third kappa shape index (κ3) is 31.6. The molecule has 0 aliphatic carbocycles. The molecule has 0 aliphatic heterocycles. The number of rotatable bonds is 32. The Morgan fingerprint density at radius 1 is 0.558 bits per heavy atom. The Morgan fingerprint density at radius 3 is 1.47 bits per heavy atom. The Bertz CT molecular complexity index is 697. The van der Waals surface area contributed by atoms with E-state index >= 15 is 0 Å². The first-order valence-electron chi connectivity index (χ1n) is 18.4. The third-order valence-corrected chi connectivity index (χ3v) is 8.02. The molecule has 2 atom stereocenters. The van der Waals surface area contributed by atoms with Crippen LogP contribution in [0.1, 0.15) is 174 Å².